The van der Waals surface area contributed by atoms with Crippen molar-refractivity contribution in [1.29, 1.82) is 5.26 Å². The Hall–Kier alpha value is -2.67. The molecule has 2 fully saturated rings. The number of amides is 1. The molecule has 0 aromatic heterocycles. The largest absolute Gasteiger partial charge is 0.494 e. The van der Waals surface area contributed by atoms with Crippen LogP contribution in [-0.2, 0) is 16.0 Å². The number of benzene rings is 1. The Bertz CT molecular complexity index is 929. The fraction of sp³-hybridized carbons (Fsp3) is 0.571. The van der Waals surface area contributed by atoms with Gasteiger partial charge in [0.2, 0.25) is 5.91 Å². The standard InChI is InChI=1S/C21H26N4O5/c1-10(27)23-13-5-4-11-6-15-19-12(21(28)29)7-14(24(19)2)16(8-22)25(15)17(9-26)18(11)20(13)30-3/h4-5,12,14-17,19,26H,6-7,9H2,1-3H3,(H,23,27)(H,28,29)/t12-,14+,15+,16?,17+,19-/m1/s1. The Balaban J connectivity index is 1.87. The van der Waals surface area contributed by atoms with Gasteiger partial charge in [0.1, 0.15) is 11.8 Å². The summed E-state index contributed by atoms with van der Waals surface area (Å²) in [4.78, 5) is 27.6. The Morgan fingerprint density at radius 1 is 1.37 bits per heavy atom. The van der Waals surface area contributed by atoms with Crippen LogP contribution in [0.25, 0.3) is 0 Å². The molecule has 0 spiro atoms. The first kappa shape index (κ1) is 20.6. The van der Waals surface area contributed by atoms with Gasteiger partial charge in [0.05, 0.1) is 37.4 Å². The van der Waals surface area contributed by atoms with E-state index in [1.165, 1.54) is 14.0 Å². The van der Waals surface area contributed by atoms with Crippen molar-refractivity contribution in [2.24, 2.45) is 5.92 Å². The second-order valence-electron chi connectivity index (χ2n) is 8.30. The Labute approximate surface area is 174 Å². The lowest BCUT2D eigenvalue weighted by Crippen LogP contribution is -2.67. The van der Waals surface area contributed by atoms with Gasteiger partial charge in [-0.2, -0.15) is 5.26 Å². The van der Waals surface area contributed by atoms with Crippen LogP contribution in [0.4, 0.5) is 5.69 Å². The predicted molar refractivity (Wildman–Crippen MR) is 107 cm³/mol. The SMILES string of the molecule is COc1c(NC(C)=O)ccc2c1[C@H](CO)N1C(C#N)[C@@H]3C[C@@H](C(=O)O)[C@H]([C@@H]1C2)N3C. The number of nitrogens with one attached hydrogen (secondary N) is 1. The van der Waals surface area contributed by atoms with Crippen LogP contribution in [0.3, 0.4) is 0 Å². The molecule has 1 amide bonds. The highest BCUT2D eigenvalue weighted by Gasteiger charge is 2.59. The highest BCUT2D eigenvalue weighted by atomic mass is 16.5. The van der Waals surface area contributed by atoms with Crippen molar-refractivity contribution in [3.8, 4) is 11.8 Å². The average Bonchev–Trinajstić information content (AvgIpc) is 2.96. The fourth-order valence-electron chi connectivity index (χ4n) is 5.85. The Morgan fingerprint density at radius 3 is 2.67 bits per heavy atom. The zero-order valence-corrected chi connectivity index (χ0v) is 17.2. The second-order valence-corrected chi connectivity index (χ2v) is 8.30. The molecule has 0 aliphatic carbocycles. The van der Waals surface area contributed by atoms with Crippen molar-refractivity contribution in [1.82, 2.24) is 9.80 Å². The van der Waals surface area contributed by atoms with Crippen LogP contribution in [0.2, 0.25) is 0 Å². The van der Waals surface area contributed by atoms with Crippen LogP contribution >= 0.6 is 0 Å². The molecular weight excluding hydrogens is 388 g/mol. The first-order chi connectivity index (χ1) is 14.3. The van der Waals surface area contributed by atoms with E-state index in [2.05, 4.69) is 11.4 Å². The Kier molecular flexibility index (Phi) is 5.18. The van der Waals surface area contributed by atoms with E-state index < -0.39 is 24.0 Å². The van der Waals surface area contributed by atoms with E-state index in [0.717, 1.165) is 11.1 Å². The summed E-state index contributed by atoms with van der Waals surface area (Å²) in [7, 11) is 3.40. The minimum atomic E-state index is -0.849. The zero-order valence-electron chi connectivity index (χ0n) is 17.2. The van der Waals surface area contributed by atoms with E-state index in [4.69, 9.17) is 4.74 Å². The molecule has 9 nitrogen and oxygen atoms in total. The van der Waals surface area contributed by atoms with Gasteiger partial charge in [0, 0.05) is 30.6 Å². The molecule has 6 atom stereocenters. The molecule has 2 saturated heterocycles. The van der Waals surface area contributed by atoms with E-state index in [9.17, 15) is 25.1 Å². The number of ether oxygens (including phenoxy) is 1. The number of nitriles is 1. The first-order valence-corrected chi connectivity index (χ1v) is 10.0. The van der Waals surface area contributed by atoms with Crippen LogP contribution < -0.4 is 10.1 Å². The molecule has 0 radical (unpaired) electrons. The highest BCUT2D eigenvalue weighted by molar-refractivity contribution is 5.91. The van der Waals surface area contributed by atoms with Gasteiger partial charge in [-0.05, 0) is 31.5 Å². The number of aliphatic carboxylic acids is 1. The van der Waals surface area contributed by atoms with Crippen LogP contribution in [0.1, 0.15) is 30.5 Å². The summed E-state index contributed by atoms with van der Waals surface area (Å²) < 4.78 is 5.64. The molecule has 4 rings (SSSR count). The molecule has 1 unspecified atom stereocenters. The van der Waals surface area contributed by atoms with Gasteiger partial charge >= 0.3 is 5.97 Å². The number of likely N-dealkylation sites (N-methyl/N-ethyl adjacent to an activating group) is 1. The van der Waals surface area contributed by atoms with Crippen molar-refractivity contribution >= 4 is 17.6 Å². The zero-order chi connectivity index (χ0) is 21.7. The van der Waals surface area contributed by atoms with Crippen LogP contribution in [0.5, 0.6) is 5.75 Å². The number of hydrogen-bond acceptors (Lipinski definition) is 7. The first-order valence-electron chi connectivity index (χ1n) is 10.0. The van der Waals surface area contributed by atoms with Gasteiger partial charge in [0.25, 0.3) is 0 Å². The number of aliphatic hydroxyl groups excluding tert-OH is 1. The van der Waals surface area contributed by atoms with Gasteiger partial charge in [-0.3, -0.25) is 19.4 Å². The number of carbonyl (C=O) groups excluding carboxylic acids is 1. The van der Waals surface area contributed by atoms with Crippen LogP contribution in [-0.4, -0.2) is 76.8 Å². The van der Waals surface area contributed by atoms with E-state index in [0.29, 0.717) is 24.3 Å². The van der Waals surface area contributed by atoms with E-state index in [1.54, 1.807) is 6.07 Å². The lowest BCUT2D eigenvalue weighted by molar-refractivity contribution is -0.144. The molecular formula is C21H26N4O5. The molecule has 3 aliphatic heterocycles. The molecule has 3 aliphatic rings. The van der Waals surface area contributed by atoms with Gasteiger partial charge in [-0.25, -0.2) is 0 Å². The summed E-state index contributed by atoms with van der Waals surface area (Å²) in [6.45, 7) is 1.16. The summed E-state index contributed by atoms with van der Waals surface area (Å²) in [6, 6.07) is 4.25. The van der Waals surface area contributed by atoms with E-state index in [1.807, 2.05) is 22.9 Å². The highest BCUT2D eigenvalue weighted by Crippen LogP contribution is 2.50. The molecule has 30 heavy (non-hydrogen) atoms. The molecule has 3 heterocycles. The van der Waals surface area contributed by atoms with Crippen molar-refractivity contribution < 1.29 is 24.5 Å². The lowest BCUT2D eigenvalue weighted by Gasteiger charge is -2.54. The summed E-state index contributed by atoms with van der Waals surface area (Å²) in [5, 5.41) is 33.0. The molecule has 0 saturated carbocycles. The maximum absolute atomic E-state index is 12.0. The fourth-order valence-corrected chi connectivity index (χ4v) is 5.85. The maximum atomic E-state index is 12.0. The van der Waals surface area contributed by atoms with Crippen molar-refractivity contribution in [3.05, 3.63) is 23.3 Å². The van der Waals surface area contributed by atoms with E-state index in [-0.39, 0.29) is 30.6 Å². The smallest absolute Gasteiger partial charge is 0.308 e. The van der Waals surface area contributed by atoms with Crippen LogP contribution in [0.15, 0.2) is 12.1 Å². The average molecular weight is 414 g/mol. The van der Waals surface area contributed by atoms with Gasteiger partial charge < -0.3 is 20.3 Å². The number of carboxylic acids is 1. The predicted octanol–water partition coefficient (Wildman–Crippen LogP) is 0.593. The van der Waals surface area contributed by atoms with Gasteiger partial charge in [-0.1, -0.05) is 6.07 Å². The lowest BCUT2D eigenvalue weighted by atomic mass is 9.80. The summed E-state index contributed by atoms with van der Waals surface area (Å²) in [5.41, 5.74) is 2.19. The molecule has 9 heteroatoms. The number of carbonyl (C=O) groups is 2. The minimum absolute atomic E-state index is 0.222. The molecule has 3 N–H and O–H groups in total. The number of rotatable bonds is 4. The number of methoxy groups -OCH3 is 1. The van der Waals surface area contributed by atoms with Gasteiger partial charge in [0.15, 0.2) is 0 Å². The van der Waals surface area contributed by atoms with Crippen LogP contribution in [0, 0.1) is 17.2 Å². The monoisotopic (exact) mass is 414 g/mol. The topological polar surface area (TPSA) is 126 Å². The van der Waals surface area contributed by atoms with Gasteiger partial charge in [-0.15, -0.1) is 0 Å². The third-order valence-corrected chi connectivity index (χ3v) is 6.91. The molecule has 1 aromatic carbocycles. The maximum Gasteiger partial charge on any atom is 0.308 e. The van der Waals surface area contributed by atoms with Crippen molar-refractivity contribution in [3.63, 3.8) is 0 Å². The third kappa shape index (κ3) is 2.87. The second kappa shape index (κ2) is 7.54. The number of anilines is 1. The Morgan fingerprint density at radius 2 is 2.10 bits per heavy atom. The summed E-state index contributed by atoms with van der Waals surface area (Å²) in [5.74, 6) is -1.18. The normalized spacial score (nSPS) is 32.6. The quantitative estimate of drug-likeness (QED) is 0.654. The third-order valence-electron chi connectivity index (χ3n) is 6.91. The number of aliphatic hydroxyl groups is 1. The number of piperazine rings is 1. The number of hydrogen-bond donors (Lipinski definition) is 3. The molecule has 2 bridgehead atoms. The molecule has 1 aromatic rings. The van der Waals surface area contributed by atoms with Crippen molar-refractivity contribution in [2.45, 2.75) is 50.0 Å². The molecule has 160 valence electrons. The van der Waals surface area contributed by atoms with Crippen molar-refractivity contribution in [2.75, 3.05) is 26.1 Å². The minimum Gasteiger partial charge on any atom is -0.494 e. The number of carboxylic acid groups (broad SMARTS) is 1. The summed E-state index contributed by atoms with van der Waals surface area (Å²) in [6.07, 6.45) is 0.941. The number of nitrogens with zero attached hydrogens (tertiary/aromatic N) is 3. The number of fused-ring (bicyclic) bond motifs is 5. The summed E-state index contributed by atoms with van der Waals surface area (Å²) >= 11 is 0. The van der Waals surface area contributed by atoms with E-state index >= 15 is 0 Å².